The Balaban J connectivity index is 1.80. The number of carbonyl (C=O) groups is 1. The van der Waals surface area contributed by atoms with Gasteiger partial charge in [-0.15, -0.1) is 0 Å². The Morgan fingerprint density at radius 3 is 2.52 bits per heavy atom. The largest absolute Gasteiger partial charge is 0.488 e. The van der Waals surface area contributed by atoms with E-state index in [1.165, 1.54) is 0 Å². The summed E-state index contributed by atoms with van der Waals surface area (Å²) in [7, 11) is 0. The molecular weight excluding hydrogens is 338 g/mol. The number of hydrogen-bond acceptors (Lipinski definition) is 3. The van der Waals surface area contributed by atoms with Gasteiger partial charge in [0.1, 0.15) is 12.4 Å². The van der Waals surface area contributed by atoms with Gasteiger partial charge in [0.25, 0.3) is 5.91 Å². The number of nitrogens with zero attached hydrogens (tertiary/aromatic N) is 1. The fourth-order valence-electron chi connectivity index (χ4n) is 3.04. The van der Waals surface area contributed by atoms with Crippen LogP contribution in [0.15, 0.2) is 48.5 Å². The number of halogens is 1. The van der Waals surface area contributed by atoms with Crippen LogP contribution in [0.1, 0.15) is 29.8 Å². The van der Waals surface area contributed by atoms with Crippen LogP contribution in [0.2, 0.25) is 5.02 Å². The first-order valence-electron chi connectivity index (χ1n) is 8.44. The van der Waals surface area contributed by atoms with Crippen molar-refractivity contribution in [1.82, 2.24) is 4.90 Å². The number of morpholine rings is 1. The summed E-state index contributed by atoms with van der Waals surface area (Å²) < 4.78 is 11.6. The molecule has 1 aliphatic rings. The van der Waals surface area contributed by atoms with Crippen molar-refractivity contribution in [2.24, 2.45) is 0 Å². The number of benzene rings is 2. The van der Waals surface area contributed by atoms with Crippen LogP contribution in [0.3, 0.4) is 0 Å². The van der Waals surface area contributed by atoms with Gasteiger partial charge in [0.2, 0.25) is 0 Å². The van der Waals surface area contributed by atoms with Gasteiger partial charge in [-0.2, -0.15) is 0 Å². The van der Waals surface area contributed by atoms with Gasteiger partial charge in [0.15, 0.2) is 0 Å². The molecule has 1 amide bonds. The maximum atomic E-state index is 13.0. The van der Waals surface area contributed by atoms with Crippen molar-refractivity contribution in [3.63, 3.8) is 0 Å². The van der Waals surface area contributed by atoms with E-state index in [4.69, 9.17) is 21.1 Å². The van der Waals surface area contributed by atoms with Crippen LogP contribution < -0.4 is 4.74 Å². The van der Waals surface area contributed by atoms with Gasteiger partial charge in [0.05, 0.1) is 17.8 Å². The molecule has 0 unspecified atom stereocenters. The smallest absolute Gasteiger partial charge is 0.257 e. The van der Waals surface area contributed by atoms with Crippen molar-refractivity contribution in [3.05, 3.63) is 64.7 Å². The summed E-state index contributed by atoms with van der Waals surface area (Å²) in [5.74, 6) is 0.470. The number of carbonyl (C=O) groups excluding carboxylic acids is 1. The Bertz CT molecular complexity index is 725. The molecular formula is C20H22ClNO3. The van der Waals surface area contributed by atoms with Crippen LogP contribution in [-0.4, -0.2) is 36.1 Å². The molecule has 25 heavy (non-hydrogen) atoms. The molecule has 5 heteroatoms. The topological polar surface area (TPSA) is 38.8 Å². The van der Waals surface area contributed by atoms with E-state index in [0.717, 1.165) is 5.56 Å². The maximum absolute atomic E-state index is 13.0. The molecule has 2 aromatic carbocycles. The molecule has 0 bridgehead atoms. The van der Waals surface area contributed by atoms with E-state index >= 15 is 0 Å². The quantitative estimate of drug-likeness (QED) is 0.822. The number of hydrogen-bond donors (Lipinski definition) is 0. The molecule has 0 radical (unpaired) electrons. The predicted molar refractivity (Wildman–Crippen MR) is 98.1 cm³/mol. The molecule has 0 aromatic heterocycles. The lowest BCUT2D eigenvalue weighted by molar-refractivity contribution is -0.0586. The summed E-state index contributed by atoms with van der Waals surface area (Å²) in [6.07, 6.45) is 0.0288. The van der Waals surface area contributed by atoms with E-state index in [0.29, 0.717) is 36.0 Å². The van der Waals surface area contributed by atoms with Crippen LogP contribution in [0.25, 0.3) is 0 Å². The lowest BCUT2D eigenvalue weighted by Gasteiger charge is -2.35. The molecule has 1 fully saturated rings. The van der Waals surface area contributed by atoms with Crippen LogP contribution in [0.5, 0.6) is 5.75 Å². The van der Waals surface area contributed by atoms with Crippen LogP contribution in [-0.2, 0) is 11.3 Å². The first-order valence-corrected chi connectivity index (χ1v) is 8.81. The van der Waals surface area contributed by atoms with Crippen molar-refractivity contribution in [1.29, 1.82) is 0 Å². The van der Waals surface area contributed by atoms with Crippen molar-refractivity contribution in [2.45, 2.75) is 32.7 Å². The Hall–Kier alpha value is -2.04. The van der Waals surface area contributed by atoms with Crippen LogP contribution >= 0.6 is 11.6 Å². The van der Waals surface area contributed by atoms with E-state index in [1.54, 1.807) is 23.1 Å². The van der Waals surface area contributed by atoms with Gasteiger partial charge >= 0.3 is 0 Å². The maximum Gasteiger partial charge on any atom is 0.257 e. The van der Waals surface area contributed by atoms with Crippen LogP contribution in [0, 0.1) is 0 Å². The van der Waals surface area contributed by atoms with Crippen molar-refractivity contribution >= 4 is 17.5 Å². The average Bonchev–Trinajstić information content (AvgIpc) is 2.60. The molecule has 132 valence electrons. The molecule has 2 aromatic rings. The molecule has 0 spiro atoms. The number of rotatable bonds is 4. The van der Waals surface area contributed by atoms with E-state index in [-0.39, 0.29) is 18.1 Å². The molecule has 4 nitrogen and oxygen atoms in total. The van der Waals surface area contributed by atoms with Gasteiger partial charge in [0, 0.05) is 18.1 Å². The lowest BCUT2D eigenvalue weighted by Crippen LogP contribution is -2.48. The minimum absolute atomic E-state index is 0.0144. The summed E-state index contributed by atoms with van der Waals surface area (Å²) in [6, 6.07) is 15.0. The molecule has 0 saturated carbocycles. The van der Waals surface area contributed by atoms with Crippen molar-refractivity contribution in [3.8, 4) is 5.75 Å². The molecule has 0 N–H and O–H groups in total. The monoisotopic (exact) mass is 359 g/mol. The van der Waals surface area contributed by atoms with Gasteiger partial charge in [-0.1, -0.05) is 41.9 Å². The van der Waals surface area contributed by atoms with Crippen molar-refractivity contribution < 1.29 is 14.3 Å². The molecule has 1 aliphatic heterocycles. The highest BCUT2D eigenvalue weighted by Crippen LogP contribution is 2.26. The van der Waals surface area contributed by atoms with Gasteiger partial charge in [-0.25, -0.2) is 0 Å². The summed E-state index contributed by atoms with van der Waals surface area (Å²) in [5, 5.41) is 0.518. The minimum atomic E-state index is -0.0763. The molecule has 3 rings (SSSR count). The zero-order valence-electron chi connectivity index (χ0n) is 14.4. The molecule has 0 aliphatic carbocycles. The summed E-state index contributed by atoms with van der Waals surface area (Å²) in [6.45, 7) is 5.47. The lowest BCUT2D eigenvalue weighted by atomic mass is 10.1. The Kier molecular flexibility index (Phi) is 5.61. The van der Waals surface area contributed by atoms with E-state index < -0.39 is 0 Å². The van der Waals surface area contributed by atoms with E-state index in [9.17, 15) is 4.79 Å². The highest BCUT2D eigenvalue weighted by Gasteiger charge is 2.28. The minimum Gasteiger partial charge on any atom is -0.488 e. The first kappa shape index (κ1) is 17.8. The molecule has 1 saturated heterocycles. The molecule has 2 atom stereocenters. The normalized spacial score (nSPS) is 20.4. The Morgan fingerprint density at radius 2 is 1.84 bits per heavy atom. The summed E-state index contributed by atoms with van der Waals surface area (Å²) >= 11 is 6.12. The molecule has 1 heterocycles. The Morgan fingerprint density at radius 1 is 1.16 bits per heavy atom. The highest BCUT2D eigenvalue weighted by atomic mass is 35.5. The van der Waals surface area contributed by atoms with E-state index in [1.807, 2.05) is 44.2 Å². The zero-order valence-corrected chi connectivity index (χ0v) is 15.2. The second kappa shape index (κ2) is 7.89. The van der Waals surface area contributed by atoms with Gasteiger partial charge in [-0.3, -0.25) is 4.79 Å². The third-order valence-electron chi connectivity index (χ3n) is 4.12. The highest BCUT2D eigenvalue weighted by molar-refractivity contribution is 6.31. The average molecular weight is 360 g/mol. The third-order valence-corrected chi connectivity index (χ3v) is 4.35. The Labute approximate surface area is 153 Å². The standard InChI is InChI=1S/C20H22ClNO3/c1-14-11-22(12-15(2)25-14)20(23)18-10-17(21)8-9-19(18)24-13-16-6-4-3-5-7-16/h3-10,14-15H,11-13H2,1-2H3/t14-,15-/m1/s1. The second-order valence-corrected chi connectivity index (χ2v) is 6.82. The van der Waals surface area contributed by atoms with Gasteiger partial charge in [-0.05, 0) is 37.6 Å². The zero-order chi connectivity index (χ0) is 17.8. The first-order chi connectivity index (χ1) is 12.0. The fourth-order valence-corrected chi connectivity index (χ4v) is 3.22. The third kappa shape index (κ3) is 4.53. The SMILES string of the molecule is C[C@@H]1CN(C(=O)c2cc(Cl)ccc2OCc2ccccc2)C[C@@H](C)O1. The fraction of sp³-hybridized carbons (Fsp3) is 0.350. The predicted octanol–water partition coefficient (Wildman–Crippen LogP) is 4.17. The number of amides is 1. The van der Waals surface area contributed by atoms with Gasteiger partial charge < -0.3 is 14.4 Å². The van der Waals surface area contributed by atoms with Crippen LogP contribution in [0.4, 0.5) is 0 Å². The summed E-state index contributed by atoms with van der Waals surface area (Å²) in [4.78, 5) is 14.8. The summed E-state index contributed by atoms with van der Waals surface area (Å²) in [5.41, 5.74) is 1.54. The number of ether oxygens (including phenoxy) is 2. The second-order valence-electron chi connectivity index (χ2n) is 6.38. The van der Waals surface area contributed by atoms with E-state index in [2.05, 4.69) is 0 Å². The van der Waals surface area contributed by atoms with Crippen molar-refractivity contribution in [2.75, 3.05) is 13.1 Å².